The summed E-state index contributed by atoms with van der Waals surface area (Å²) in [5, 5.41) is 7.58. The van der Waals surface area contributed by atoms with E-state index in [1.54, 1.807) is 0 Å². The van der Waals surface area contributed by atoms with E-state index >= 15 is 0 Å². The van der Waals surface area contributed by atoms with Crippen LogP contribution in [0.3, 0.4) is 0 Å². The first-order valence-corrected chi connectivity index (χ1v) is 19.6. The Bertz CT molecular complexity index is 3210. The van der Waals surface area contributed by atoms with Gasteiger partial charge in [0.15, 0.2) is 0 Å². The van der Waals surface area contributed by atoms with Crippen molar-refractivity contribution in [3.8, 4) is 27.9 Å². The highest BCUT2D eigenvalue weighted by molar-refractivity contribution is 7.25. The third-order valence-electron chi connectivity index (χ3n) is 11.0. The van der Waals surface area contributed by atoms with Crippen LogP contribution in [0.2, 0.25) is 0 Å². The normalized spacial score (nSPS) is 11.6. The van der Waals surface area contributed by atoms with E-state index in [-0.39, 0.29) is 0 Å². The van der Waals surface area contributed by atoms with Gasteiger partial charge in [-0.15, -0.1) is 11.3 Å². The molecule has 0 saturated heterocycles. The number of fused-ring (bicyclic) bond motifs is 7. The van der Waals surface area contributed by atoms with E-state index in [1.807, 2.05) is 11.3 Å². The van der Waals surface area contributed by atoms with Crippen LogP contribution in [0.4, 0.5) is 17.1 Å². The molecule has 0 aliphatic heterocycles. The smallest absolute Gasteiger partial charge is 0.0547 e. The largest absolute Gasteiger partial charge is 0.310 e. The molecule has 0 spiro atoms. The SMILES string of the molecule is c1ccc(-n2c3ccccc3c3ccc(-c4ccc(N(c5ccc6sc7ccccc7c6c5)c5ccccc5-c5ccc6ccccc6c5)cc4)cc32)cc1. The van der Waals surface area contributed by atoms with Gasteiger partial charge in [0.1, 0.15) is 0 Å². The summed E-state index contributed by atoms with van der Waals surface area (Å²) < 4.78 is 5.00. The standard InChI is InChI=1S/C52H34N2S/c1-2-14-40(15-3-1)54-49-20-10-7-17-44(49)45-30-26-38(33-50(45)54)36-24-27-41(28-25-36)53(42-29-31-52-47(34-42)46-18-8-11-21-51(46)55-52)48-19-9-6-16-43(48)39-23-22-35-12-4-5-13-37(35)32-39/h1-34H. The van der Waals surface area contributed by atoms with Crippen LogP contribution in [-0.4, -0.2) is 4.57 Å². The summed E-state index contributed by atoms with van der Waals surface area (Å²) in [7, 11) is 0. The quantitative estimate of drug-likeness (QED) is 0.166. The lowest BCUT2D eigenvalue weighted by molar-refractivity contribution is 1.18. The molecule has 2 heterocycles. The molecule has 0 aliphatic carbocycles. The Labute approximate surface area is 323 Å². The summed E-state index contributed by atoms with van der Waals surface area (Å²) in [5.41, 5.74) is 11.7. The van der Waals surface area contributed by atoms with E-state index in [2.05, 4.69) is 216 Å². The lowest BCUT2D eigenvalue weighted by Gasteiger charge is -2.28. The highest BCUT2D eigenvalue weighted by Crippen LogP contribution is 2.45. The number of rotatable bonds is 6. The van der Waals surface area contributed by atoms with Crippen molar-refractivity contribution < 1.29 is 0 Å². The molecule has 11 rings (SSSR count). The van der Waals surface area contributed by atoms with Crippen molar-refractivity contribution in [1.82, 2.24) is 4.57 Å². The minimum absolute atomic E-state index is 1.11. The van der Waals surface area contributed by atoms with Gasteiger partial charge >= 0.3 is 0 Å². The summed E-state index contributed by atoms with van der Waals surface area (Å²) in [5.74, 6) is 0. The second-order valence-electron chi connectivity index (χ2n) is 14.2. The number of hydrogen-bond acceptors (Lipinski definition) is 2. The summed E-state index contributed by atoms with van der Waals surface area (Å²) in [6, 6.07) is 75.3. The van der Waals surface area contributed by atoms with Crippen molar-refractivity contribution in [2.24, 2.45) is 0 Å². The van der Waals surface area contributed by atoms with Gasteiger partial charge in [0.05, 0.1) is 16.7 Å². The van der Waals surface area contributed by atoms with Crippen LogP contribution in [0.25, 0.3) is 80.7 Å². The van der Waals surface area contributed by atoms with Gasteiger partial charge in [0, 0.05) is 53.6 Å². The number of para-hydroxylation sites is 3. The van der Waals surface area contributed by atoms with Gasteiger partial charge in [-0.05, 0) is 100 Å². The first-order valence-electron chi connectivity index (χ1n) is 18.8. The van der Waals surface area contributed by atoms with Gasteiger partial charge in [0.25, 0.3) is 0 Å². The van der Waals surface area contributed by atoms with Crippen LogP contribution in [0.1, 0.15) is 0 Å². The maximum atomic E-state index is 2.43. The monoisotopic (exact) mass is 718 g/mol. The fourth-order valence-corrected chi connectivity index (χ4v) is 9.44. The first-order chi connectivity index (χ1) is 27.3. The van der Waals surface area contributed by atoms with Crippen molar-refractivity contribution in [1.29, 1.82) is 0 Å². The summed E-state index contributed by atoms with van der Waals surface area (Å²) >= 11 is 1.86. The Kier molecular flexibility index (Phi) is 7.39. The molecule has 0 unspecified atom stereocenters. The van der Waals surface area contributed by atoms with Gasteiger partial charge < -0.3 is 9.47 Å². The van der Waals surface area contributed by atoms with Crippen LogP contribution >= 0.6 is 11.3 Å². The van der Waals surface area contributed by atoms with Crippen LogP contribution in [0.5, 0.6) is 0 Å². The van der Waals surface area contributed by atoms with Crippen molar-refractivity contribution in [3.05, 3.63) is 206 Å². The Balaban J connectivity index is 1.07. The molecule has 258 valence electrons. The van der Waals surface area contributed by atoms with E-state index < -0.39 is 0 Å². The van der Waals surface area contributed by atoms with Crippen LogP contribution in [0, 0.1) is 0 Å². The molecule has 0 radical (unpaired) electrons. The fraction of sp³-hybridized carbons (Fsp3) is 0. The molecule has 2 aromatic heterocycles. The number of benzene rings is 9. The molecule has 0 atom stereocenters. The van der Waals surface area contributed by atoms with Crippen molar-refractivity contribution in [2.75, 3.05) is 4.90 Å². The van der Waals surface area contributed by atoms with Crippen LogP contribution < -0.4 is 4.90 Å². The van der Waals surface area contributed by atoms with Gasteiger partial charge in [-0.1, -0.05) is 133 Å². The Morgan fingerprint density at radius 1 is 0.364 bits per heavy atom. The zero-order valence-electron chi connectivity index (χ0n) is 29.9. The van der Waals surface area contributed by atoms with Crippen molar-refractivity contribution >= 4 is 81.1 Å². The third-order valence-corrected chi connectivity index (χ3v) is 12.1. The number of aromatic nitrogens is 1. The zero-order chi connectivity index (χ0) is 36.3. The predicted octanol–water partition coefficient (Wildman–Crippen LogP) is 15.1. The predicted molar refractivity (Wildman–Crippen MR) is 237 cm³/mol. The molecule has 55 heavy (non-hydrogen) atoms. The molecule has 0 fully saturated rings. The van der Waals surface area contributed by atoms with E-state index in [0.717, 1.165) is 22.7 Å². The molecular formula is C52H34N2S. The van der Waals surface area contributed by atoms with Crippen molar-refractivity contribution in [3.63, 3.8) is 0 Å². The Hall–Kier alpha value is -6.94. The Morgan fingerprint density at radius 3 is 1.91 bits per heavy atom. The van der Waals surface area contributed by atoms with Crippen molar-refractivity contribution in [2.45, 2.75) is 0 Å². The average molecular weight is 719 g/mol. The van der Waals surface area contributed by atoms with Crippen LogP contribution in [-0.2, 0) is 0 Å². The number of hydrogen-bond donors (Lipinski definition) is 0. The highest BCUT2D eigenvalue weighted by Gasteiger charge is 2.19. The Morgan fingerprint density at radius 2 is 1.02 bits per heavy atom. The number of nitrogens with zero attached hydrogens (tertiary/aromatic N) is 2. The molecule has 3 heteroatoms. The summed E-state index contributed by atoms with van der Waals surface area (Å²) in [6.45, 7) is 0. The molecule has 2 nitrogen and oxygen atoms in total. The van der Waals surface area contributed by atoms with Gasteiger partial charge in [0.2, 0.25) is 0 Å². The van der Waals surface area contributed by atoms with E-state index in [0.29, 0.717) is 0 Å². The lowest BCUT2D eigenvalue weighted by atomic mass is 9.98. The van der Waals surface area contributed by atoms with Gasteiger partial charge in [-0.2, -0.15) is 0 Å². The molecule has 0 aliphatic rings. The molecule has 11 aromatic rings. The minimum atomic E-state index is 1.11. The average Bonchev–Trinajstić information content (AvgIpc) is 3.79. The maximum Gasteiger partial charge on any atom is 0.0547 e. The first kappa shape index (κ1) is 31.6. The summed E-state index contributed by atoms with van der Waals surface area (Å²) in [4.78, 5) is 2.43. The minimum Gasteiger partial charge on any atom is -0.310 e. The molecule has 0 N–H and O–H groups in total. The molecule has 9 aromatic carbocycles. The number of thiophene rings is 1. The second-order valence-corrected chi connectivity index (χ2v) is 15.2. The third kappa shape index (κ3) is 5.32. The molecule has 0 bridgehead atoms. The highest BCUT2D eigenvalue weighted by atomic mass is 32.1. The van der Waals surface area contributed by atoms with E-state index in [4.69, 9.17) is 0 Å². The van der Waals surface area contributed by atoms with Gasteiger partial charge in [-0.3, -0.25) is 0 Å². The zero-order valence-corrected chi connectivity index (χ0v) is 30.7. The van der Waals surface area contributed by atoms with Gasteiger partial charge in [-0.25, -0.2) is 0 Å². The second kappa shape index (κ2) is 12.9. The maximum absolute atomic E-state index is 2.43. The fourth-order valence-electron chi connectivity index (χ4n) is 8.36. The van der Waals surface area contributed by atoms with Crippen LogP contribution in [0.15, 0.2) is 206 Å². The molecular weight excluding hydrogens is 685 g/mol. The lowest BCUT2D eigenvalue weighted by Crippen LogP contribution is -2.11. The summed E-state index contributed by atoms with van der Waals surface area (Å²) in [6.07, 6.45) is 0. The number of anilines is 3. The topological polar surface area (TPSA) is 8.17 Å². The molecule has 0 saturated carbocycles. The van der Waals surface area contributed by atoms with E-state index in [9.17, 15) is 0 Å². The van der Waals surface area contributed by atoms with E-state index in [1.165, 1.54) is 75.0 Å². The molecule has 0 amide bonds.